The van der Waals surface area contributed by atoms with Gasteiger partial charge in [-0.3, -0.25) is 0 Å². The molecule has 1 saturated heterocycles. The molecular weight excluding hydrogens is 174 g/mol. The van der Waals surface area contributed by atoms with Gasteiger partial charge < -0.3 is 10.1 Å². The maximum absolute atomic E-state index is 5.37. The van der Waals surface area contributed by atoms with Gasteiger partial charge in [-0.25, -0.2) is 0 Å². The zero-order chi connectivity index (χ0) is 9.80. The third-order valence-electron chi connectivity index (χ3n) is 3.63. The van der Waals surface area contributed by atoms with E-state index in [1.54, 1.807) is 0 Å². The van der Waals surface area contributed by atoms with E-state index in [0.29, 0.717) is 0 Å². The predicted molar refractivity (Wildman–Crippen MR) is 58.4 cm³/mol. The van der Waals surface area contributed by atoms with E-state index in [4.69, 9.17) is 4.74 Å². The van der Waals surface area contributed by atoms with Crippen molar-refractivity contribution in [3.05, 3.63) is 0 Å². The van der Waals surface area contributed by atoms with Crippen LogP contribution in [-0.4, -0.2) is 25.3 Å². The van der Waals surface area contributed by atoms with Crippen molar-refractivity contribution in [1.82, 2.24) is 5.32 Å². The molecule has 1 aliphatic heterocycles. The molecule has 0 aromatic rings. The lowest BCUT2D eigenvalue weighted by atomic mass is 9.86. The van der Waals surface area contributed by atoms with Gasteiger partial charge in [-0.15, -0.1) is 0 Å². The molecule has 0 aromatic heterocycles. The number of ether oxygens (including phenoxy) is 1. The van der Waals surface area contributed by atoms with Gasteiger partial charge in [0.2, 0.25) is 0 Å². The van der Waals surface area contributed by atoms with Gasteiger partial charge in [0.1, 0.15) is 0 Å². The predicted octanol–water partition coefficient (Wildman–Crippen LogP) is 2.33. The van der Waals surface area contributed by atoms with Crippen molar-refractivity contribution < 1.29 is 4.74 Å². The van der Waals surface area contributed by atoms with E-state index in [1.165, 1.54) is 38.5 Å². The van der Waals surface area contributed by atoms with Crippen LogP contribution in [0, 0.1) is 5.92 Å². The summed E-state index contributed by atoms with van der Waals surface area (Å²) in [5, 5.41) is 3.81. The number of hydrogen-bond acceptors (Lipinski definition) is 2. The van der Waals surface area contributed by atoms with E-state index in [2.05, 4.69) is 12.2 Å². The minimum absolute atomic E-state index is 0.735. The van der Waals surface area contributed by atoms with Gasteiger partial charge in [0.15, 0.2) is 0 Å². The Morgan fingerprint density at radius 3 is 2.50 bits per heavy atom. The summed E-state index contributed by atoms with van der Waals surface area (Å²) in [7, 11) is 0. The van der Waals surface area contributed by atoms with E-state index < -0.39 is 0 Å². The first-order chi connectivity index (χ1) is 6.84. The fourth-order valence-corrected chi connectivity index (χ4v) is 2.78. The number of hydrogen-bond donors (Lipinski definition) is 1. The molecule has 2 aliphatic rings. The molecule has 0 radical (unpaired) electrons. The van der Waals surface area contributed by atoms with Crippen LogP contribution in [0.3, 0.4) is 0 Å². The lowest BCUT2D eigenvalue weighted by Gasteiger charge is -2.33. The molecule has 2 fully saturated rings. The van der Waals surface area contributed by atoms with Crippen LogP contribution in [0.15, 0.2) is 0 Å². The van der Waals surface area contributed by atoms with Crippen LogP contribution in [0.2, 0.25) is 0 Å². The smallest absolute Gasteiger partial charge is 0.0480 e. The molecular formula is C12H23NO. The highest BCUT2D eigenvalue weighted by Crippen LogP contribution is 2.24. The van der Waals surface area contributed by atoms with Crippen molar-refractivity contribution in [3.8, 4) is 0 Å². The van der Waals surface area contributed by atoms with E-state index in [9.17, 15) is 0 Å². The zero-order valence-electron chi connectivity index (χ0n) is 9.30. The van der Waals surface area contributed by atoms with Crippen LogP contribution < -0.4 is 5.32 Å². The Balaban J connectivity index is 1.72. The first-order valence-corrected chi connectivity index (χ1v) is 6.18. The molecule has 1 saturated carbocycles. The highest BCUT2D eigenvalue weighted by Gasteiger charge is 2.22. The second kappa shape index (κ2) is 5.13. The summed E-state index contributed by atoms with van der Waals surface area (Å²) >= 11 is 0. The monoisotopic (exact) mass is 197 g/mol. The maximum Gasteiger partial charge on any atom is 0.0480 e. The van der Waals surface area contributed by atoms with Gasteiger partial charge in [0.05, 0.1) is 0 Å². The number of rotatable bonds is 2. The molecule has 0 amide bonds. The summed E-state index contributed by atoms with van der Waals surface area (Å²) in [5.74, 6) is 0.932. The first kappa shape index (κ1) is 10.4. The second-order valence-corrected chi connectivity index (χ2v) is 5.02. The molecule has 0 unspecified atom stereocenters. The van der Waals surface area contributed by atoms with Crippen molar-refractivity contribution in [3.63, 3.8) is 0 Å². The lowest BCUT2D eigenvalue weighted by Crippen LogP contribution is -2.43. The Hall–Kier alpha value is -0.0800. The average molecular weight is 197 g/mol. The highest BCUT2D eigenvalue weighted by atomic mass is 16.5. The van der Waals surface area contributed by atoms with Crippen LogP contribution in [0.5, 0.6) is 0 Å². The van der Waals surface area contributed by atoms with Gasteiger partial charge in [-0.1, -0.05) is 19.8 Å². The van der Waals surface area contributed by atoms with Gasteiger partial charge in [0.25, 0.3) is 0 Å². The van der Waals surface area contributed by atoms with Gasteiger partial charge >= 0.3 is 0 Å². The Morgan fingerprint density at radius 2 is 1.79 bits per heavy atom. The SMILES string of the molecule is C[C@H]1CCC[C@@H](NC2CCOCC2)C1. The van der Waals surface area contributed by atoms with Crippen LogP contribution >= 0.6 is 0 Å². The molecule has 1 heterocycles. The molecule has 0 aromatic carbocycles. The largest absolute Gasteiger partial charge is 0.381 e. The van der Waals surface area contributed by atoms with Crippen molar-refractivity contribution >= 4 is 0 Å². The fraction of sp³-hybridized carbons (Fsp3) is 1.00. The summed E-state index contributed by atoms with van der Waals surface area (Å²) in [6.45, 7) is 4.30. The Labute approximate surface area is 87.4 Å². The Morgan fingerprint density at radius 1 is 1.00 bits per heavy atom. The molecule has 0 bridgehead atoms. The van der Waals surface area contributed by atoms with Crippen LogP contribution in [0.25, 0.3) is 0 Å². The fourth-order valence-electron chi connectivity index (χ4n) is 2.78. The van der Waals surface area contributed by atoms with Crippen molar-refractivity contribution in [2.75, 3.05) is 13.2 Å². The topological polar surface area (TPSA) is 21.3 Å². The molecule has 2 heteroatoms. The van der Waals surface area contributed by atoms with Crippen LogP contribution in [-0.2, 0) is 4.74 Å². The van der Waals surface area contributed by atoms with Gasteiger partial charge in [0, 0.05) is 25.3 Å². The third kappa shape index (κ3) is 2.96. The first-order valence-electron chi connectivity index (χ1n) is 6.18. The second-order valence-electron chi connectivity index (χ2n) is 5.02. The summed E-state index contributed by atoms with van der Waals surface area (Å²) < 4.78 is 5.37. The molecule has 82 valence electrons. The molecule has 0 spiro atoms. The standard InChI is InChI=1S/C12H23NO/c1-10-3-2-4-12(9-10)13-11-5-7-14-8-6-11/h10-13H,2-9H2,1H3/t10-,12+/m0/s1. The normalized spacial score (nSPS) is 35.8. The van der Waals surface area contributed by atoms with E-state index >= 15 is 0 Å². The minimum Gasteiger partial charge on any atom is -0.381 e. The molecule has 1 N–H and O–H groups in total. The zero-order valence-corrected chi connectivity index (χ0v) is 9.30. The summed E-state index contributed by atoms with van der Waals surface area (Å²) in [5.41, 5.74) is 0. The number of nitrogens with one attached hydrogen (secondary N) is 1. The van der Waals surface area contributed by atoms with E-state index in [0.717, 1.165) is 31.2 Å². The Bertz CT molecular complexity index is 166. The van der Waals surface area contributed by atoms with Gasteiger partial charge in [-0.2, -0.15) is 0 Å². The molecule has 1 aliphatic carbocycles. The summed E-state index contributed by atoms with van der Waals surface area (Å²) in [6, 6.07) is 1.53. The molecule has 2 rings (SSSR count). The van der Waals surface area contributed by atoms with Crippen LogP contribution in [0.1, 0.15) is 45.4 Å². The molecule has 14 heavy (non-hydrogen) atoms. The third-order valence-corrected chi connectivity index (χ3v) is 3.63. The van der Waals surface area contributed by atoms with Crippen LogP contribution in [0.4, 0.5) is 0 Å². The van der Waals surface area contributed by atoms with Crippen molar-refractivity contribution in [1.29, 1.82) is 0 Å². The minimum atomic E-state index is 0.735. The quantitative estimate of drug-likeness (QED) is 0.733. The van der Waals surface area contributed by atoms with E-state index in [-0.39, 0.29) is 0 Å². The lowest BCUT2D eigenvalue weighted by molar-refractivity contribution is 0.0721. The Kier molecular flexibility index (Phi) is 3.82. The van der Waals surface area contributed by atoms with Gasteiger partial charge in [-0.05, 0) is 31.6 Å². The molecule has 2 nitrogen and oxygen atoms in total. The maximum atomic E-state index is 5.37. The van der Waals surface area contributed by atoms with E-state index in [1.807, 2.05) is 0 Å². The summed E-state index contributed by atoms with van der Waals surface area (Å²) in [6.07, 6.45) is 8.06. The van der Waals surface area contributed by atoms with Crippen molar-refractivity contribution in [2.45, 2.75) is 57.5 Å². The average Bonchev–Trinajstić information content (AvgIpc) is 2.19. The van der Waals surface area contributed by atoms with Crippen molar-refractivity contribution in [2.24, 2.45) is 5.92 Å². The molecule has 2 atom stereocenters. The highest BCUT2D eigenvalue weighted by molar-refractivity contribution is 4.80. The summed E-state index contributed by atoms with van der Waals surface area (Å²) in [4.78, 5) is 0.